The fourth-order valence-electron chi connectivity index (χ4n) is 2.66. The Bertz CT molecular complexity index is 712. The molecular weight excluding hydrogens is 302 g/mol. The fraction of sp³-hybridized carbons (Fsp3) is 0.250. The van der Waals surface area contributed by atoms with Gasteiger partial charge >= 0.3 is 0 Å². The Hall–Kier alpha value is -2.59. The number of carbonyl (C=O) groups excluding carboxylic acids is 1. The van der Waals surface area contributed by atoms with E-state index in [1.807, 2.05) is 54.6 Å². The Kier molecular flexibility index (Phi) is 5.29. The zero-order valence-electron chi connectivity index (χ0n) is 13.5. The van der Waals surface area contributed by atoms with Crippen LogP contribution < -0.4 is 4.74 Å². The Labute approximate surface area is 142 Å². The van der Waals surface area contributed by atoms with E-state index in [1.54, 1.807) is 17.1 Å². The maximum atomic E-state index is 12.1. The second-order valence-corrected chi connectivity index (χ2v) is 5.91. The van der Waals surface area contributed by atoms with Crippen LogP contribution in [0.1, 0.15) is 17.5 Å². The van der Waals surface area contributed by atoms with Gasteiger partial charge in [0.05, 0.1) is 6.10 Å². The number of aliphatic hydroxyl groups excluding tert-OH is 1. The zero-order valence-corrected chi connectivity index (χ0v) is 13.5. The number of hydrogen-bond donors (Lipinski definition) is 1. The highest BCUT2D eigenvalue weighted by atomic mass is 16.5. The maximum Gasteiger partial charge on any atom is 0.246 e. The SMILES string of the molecule is O=C(C=Cc1cccc(OCc2ccccc2)c1)N1CC[C@@H](O)C1. The summed E-state index contributed by atoms with van der Waals surface area (Å²) in [6.45, 7) is 1.55. The van der Waals surface area contributed by atoms with Gasteiger partial charge in [-0.25, -0.2) is 0 Å². The van der Waals surface area contributed by atoms with Crippen molar-refractivity contribution in [2.75, 3.05) is 13.1 Å². The van der Waals surface area contributed by atoms with Gasteiger partial charge in [-0.3, -0.25) is 4.79 Å². The van der Waals surface area contributed by atoms with Gasteiger partial charge in [0.2, 0.25) is 5.91 Å². The zero-order chi connectivity index (χ0) is 16.8. The molecular formula is C20H21NO3. The van der Waals surface area contributed by atoms with E-state index < -0.39 is 6.10 Å². The molecule has 1 heterocycles. The Balaban J connectivity index is 1.58. The summed E-state index contributed by atoms with van der Waals surface area (Å²) in [5.74, 6) is 0.701. The fourth-order valence-corrected chi connectivity index (χ4v) is 2.66. The first-order valence-electron chi connectivity index (χ1n) is 8.12. The third-order valence-corrected chi connectivity index (χ3v) is 4.00. The maximum absolute atomic E-state index is 12.1. The molecule has 0 aliphatic carbocycles. The standard InChI is InChI=1S/C20H21NO3/c22-18-11-12-21(14-18)20(23)10-9-16-7-4-8-19(13-16)24-15-17-5-2-1-3-6-17/h1-10,13,18,22H,11-12,14-15H2/t18-/m1/s1. The molecule has 4 nitrogen and oxygen atoms in total. The van der Waals surface area contributed by atoms with Crippen LogP contribution >= 0.6 is 0 Å². The van der Waals surface area contributed by atoms with Crippen molar-refractivity contribution in [3.63, 3.8) is 0 Å². The van der Waals surface area contributed by atoms with E-state index in [4.69, 9.17) is 4.74 Å². The van der Waals surface area contributed by atoms with Crippen LogP contribution in [0.4, 0.5) is 0 Å². The minimum absolute atomic E-state index is 0.0674. The Morgan fingerprint density at radius 2 is 2.04 bits per heavy atom. The van der Waals surface area contributed by atoms with Crippen LogP contribution in [0.2, 0.25) is 0 Å². The predicted octanol–water partition coefficient (Wildman–Crippen LogP) is 2.87. The van der Waals surface area contributed by atoms with Gasteiger partial charge in [-0.05, 0) is 35.8 Å². The summed E-state index contributed by atoms with van der Waals surface area (Å²) >= 11 is 0. The molecule has 2 aromatic carbocycles. The molecule has 124 valence electrons. The molecule has 1 fully saturated rings. The van der Waals surface area contributed by atoms with Crippen molar-refractivity contribution < 1.29 is 14.6 Å². The average Bonchev–Trinajstić information content (AvgIpc) is 3.06. The van der Waals surface area contributed by atoms with Gasteiger partial charge in [0.15, 0.2) is 0 Å². The second-order valence-electron chi connectivity index (χ2n) is 5.91. The summed E-state index contributed by atoms with van der Waals surface area (Å²) in [6, 6.07) is 17.6. The lowest BCUT2D eigenvalue weighted by atomic mass is 10.2. The van der Waals surface area contributed by atoms with Crippen molar-refractivity contribution in [2.24, 2.45) is 0 Å². The largest absolute Gasteiger partial charge is 0.489 e. The molecule has 4 heteroatoms. The van der Waals surface area contributed by atoms with Crippen molar-refractivity contribution >= 4 is 12.0 Å². The van der Waals surface area contributed by atoms with Crippen LogP contribution in [0, 0.1) is 0 Å². The second kappa shape index (κ2) is 7.79. The van der Waals surface area contributed by atoms with E-state index in [-0.39, 0.29) is 5.91 Å². The molecule has 0 spiro atoms. The average molecular weight is 323 g/mol. The van der Waals surface area contributed by atoms with Crippen molar-refractivity contribution in [1.29, 1.82) is 0 Å². The number of hydrogen-bond acceptors (Lipinski definition) is 3. The number of rotatable bonds is 5. The van der Waals surface area contributed by atoms with E-state index in [0.29, 0.717) is 26.1 Å². The Morgan fingerprint density at radius 1 is 1.21 bits per heavy atom. The van der Waals surface area contributed by atoms with Crippen molar-refractivity contribution in [3.8, 4) is 5.75 Å². The molecule has 0 aromatic heterocycles. The van der Waals surface area contributed by atoms with Crippen LogP contribution in [0.15, 0.2) is 60.7 Å². The number of carbonyl (C=O) groups is 1. The topological polar surface area (TPSA) is 49.8 Å². The van der Waals surface area contributed by atoms with Gasteiger partial charge in [0.25, 0.3) is 0 Å². The number of nitrogens with zero attached hydrogens (tertiary/aromatic N) is 1. The molecule has 24 heavy (non-hydrogen) atoms. The Morgan fingerprint density at radius 3 is 2.79 bits per heavy atom. The number of likely N-dealkylation sites (tertiary alicyclic amines) is 1. The highest BCUT2D eigenvalue weighted by molar-refractivity contribution is 5.92. The quantitative estimate of drug-likeness (QED) is 0.861. The van der Waals surface area contributed by atoms with Crippen LogP contribution in [-0.4, -0.2) is 35.1 Å². The third-order valence-electron chi connectivity index (χ3n) is 4.00. The van der Waals surface area contributed by atoms with E-state index in [1.165, 1.54) is 0 Å². The first-order valence-corrected chi connectivity index (χ1v) is 8.12. The van der Waals surface area contributed by atoms with Crippen molar-refractivity contribution in [3.05, 3.63) is 71.8 Å². The van der Waals surface area contributed by atoms with Crippen LogP contribution in [0.5, 0.6) is 5.75 Å². The molecule has 0 saturated carbocycles. The monoisotopic (exact) mass is 323 g/mol. The van der Waals surface area contributed by atoms with Gasteiger partial charge in [-0.15, -0.1) is 0 Å². The molecule has 0 bridgehead atoms. The first-order chi connectivity index (χ1) is 11.7. The lowest BCUT2D eigenvalue weighted by Crippen LogP contribution is -2.27. The number of aliphatic hydroxyl groups is 1. The van der Waals surface area contributed by atoms with Gasteiger partial charge in [0.1, 0.15) is 12.4 Å². The van der Waals surface area contributed by atoms with Crippen LogP contribution in [-0.2, 0) is 11.4 Å². The molecule has 1 aliphatic heterocycles. The van der Waals surface area contributed by atoms with Gasteiger partial charge in [0, 0.05) is 19.2 Å². The lowest BCUT2D eigenvalue weighted by molar-refractivity contribution is -0.125. The van der Waals surface area contributed by atoms with Gasteiger partial charge in [-0.1, -0.05) is 42.5 Å². The summed E-state index contributed by atoms with van der Waals surface area (Å²) in [6.07, 6.45) is 3.59. The normalized spacial score (nSPS) is 17.4. The molecule has 1 atom stereocenters. The molecule has 0 radical (unpaired) electrons. The van der Waals surface area contributed by atoms with Gasteiger partial charge < -0.3 is 14.7 Å². The van der Waals surface area contributed by atoms with Crippen molar-refractivity contribution in [2.45, 2.75) is 19.1 Å². The van der Waals surface area contributed by atoms with E-state index >= 15 is 0 Å². The summed E-state index contributed by atoms with van der Waals surface area (Å²) in [7, 11) is 0. The molecule has 1 aliphatic rings. The number of β-amino-alcohol motifs (C(OH)–C–C–N with tert-alkyl or cyclic N) is 1. The van der Waals surface area contributed by atoms with E-state index in [0.717, 1.165) is 16.9 Å². The molecule has 1 saturated heterocycles. The predicted molar refractivity (Wildman–Crippen MR) is 93.5 cm³/mol. The first kappa shape index (κ1) is 16.3. The minimum atomic E-state index is -0.392. The summed E-state index contributed by atoms with van der Waals surface area (Å²) < 4.78 is 5.79. The lowest BCUT2D eigenvalue weighted by Gasteiger charge is -2.12. The van der Waals surface area contributed by atoms with Crippen LogP contribution in [0.3, 0.4) is 0 Å². The molecule has 0 unspecified atom stereocenters. The highest BCUT2D eigenvalue weighted by Gasteiger charge is 2.22. The number of benzene rings is 2. The summed E-state index contributed by atoms with van der Waals surface area (Å²) in [5, 5.41) is 9.49. The van der Waals surface area contributed by atoms with Gasteiger partial charge in [-0.2, -0.15) is 0 Å². The van der Waals surface area contributed by atoms with Crippen molar-refractivity contribution in [1.82, 2.24) is 4.90 Å². The van der Waals surface area contributed by atoms with Crippen LogP contribution in [0.25, 0.3) is 6.08 Å². The molecule has 2 aromatic rings. The summed E-state index contributed by atoms with van der Waals surface area (Å²) in [5.41, 5.74) is 2.02. The highest BCUT2D eigenvalue weighted by Crippen LogP contribution is 2.17. The third kappa shape index (κ3) is 4.46. The number of amides is 1. The van der Waals surface area contributed by atoms with E-state index in [9.17, 15) is 9.90 Å². The minimum Gasteiger partial charge on any atom is -0.489 e. The molecule has 1 amide bonds. The number of ether oxygens (including phenoxy) is 1. The summed E-state index contributed by atoms with van der Waals surface area (Å²) in [4.78, 5) is 13.7. The van der Waals surface area contributed by atoms with E-state index in [2.05, 4.69) is 0 Å². The smallest absolute Gasteiger partial charge is 0.246 e. The molecule has 3 rings (SSSR count). The molecule has 1 N–H and O–H groups in total.